The number of halogens is 1. The van der Waals surface area contributed by atoms with Crippen molar-refractivity contribution in [2.45, 2.75) is 16.5 Å². The standard InChI is InChI=1S/C22H19FN4O3S/c1-27-17-7-13(4-5-18(17)30-21(27)29)12-2-3-14(16(23)6-12)8-22(11-24)20(31-22)26-19(28)15-9-25-10-15/h2-7,15,20,25H,8-10H2,1H3,(H,26,28)/t20?,22-/m0/s1. The fourth-order valence-corrected chi connectivity index (χ4v) is 4.78. The lowest BCUT2D eigenvalue weighted by molar-refractivity contribution is -0.126. The van der Waals surface area contributed by atoms with E-state index >= 15 is 0 Å². The van der Waals surface area contributed by atoms with Gasteiger partial charge in [0, 0.05) is 26.6 Å². The molecule has 9 heteroatoms. The minimum atomic E-state index is -0.844. The Morgan fingerprint density at radius 3 is 2.77 bits per heavy atom. The van der Waals surface area contributed by atoms with Gasteiger partial charge in [-0.3, -0.25) is 9.36 Å². The average molecular weight is 438 g/mol. The van der Waals surface area contributed by atoms with E-state index in [4.69, 9.17) is 4.42 Å². The number of oxazole rings is 1. The van der Waals surface area contributed by atoms with Crippen molar-refractivity contribution in [1.29, 1.82) is 5.26 Å². The maximum absolute atomic E-state index is 14.9. The lowest BCUT2D eigenvalue weighted by atomic mass is 9.96. The third-order valence-corrected chi connectivity index (χ3v) is 7.33. The zero-order valence-corrected chi connectivity index (χ0v) is 17.5. The Hall–Kier alpha value is -3.09. The van der Waals surface area contributed by atoms with Crippen LogP contribution < -0.4 is 16.4 Å². The van der Waals surface area contributed by atoms with Crippen LogP contribution in [0, 0.1) is 23.1 Å². The highest BCUT2D eigenvalue weighted by atomic mass is 32.2. The van der Waals surface area contributed by atoms with Gasteiger partial charge in [0.1, 0.15) is 15.9 Å². The van der Waals surface area contributed by atoms with Gasteiger partial charge in [-0.25, -0.2) is 9.18 Å². The average Bonchev–Trinajstić information content (AvgIpc) is 3.31. The van der Waals surface area contributed by atoms with Crippen LogP contribution in [0.5, 0.6) is 0 Å². The minimum Gasteiger partial charge on any atom is -0.408 e. The Morgan fingerprint density at radius 1 is 1.35 bits per heavy atom. The van der Waals surface area contributed by atoms with Crippen LogP contribution in [0.2, 0.25) is 0 Å². The summed E-state index contributed by atoms with van der Waals surface area (Å²) in [5.74, 6) is -0.976. The number of aryl methyl sites for hydroxylation is 1. The van der Waals surface area contributed by atoms with Crippen molar-refractivity contribution in [2.24, 2.45) is 13.0 Å². The summed E-state index contributed by atoms with van der Waals surface area (Å²) in [4.78, 5) is 23.8. The van der Waals surface area contributed by atoms with E-state index < -0.39 is 16.3 Å². The smallest absolute Gasteiger partial charge is 0.408 e. The van der Waals surface area contributed by atoms with Gasteiger partial charge in [0.2, 0.25) is 5.91 Å². The van der Waals surface area contributed by atoms with Crippen molar-refractivity contribution in [3.05, 3.63) is 58.3 Å². The number of nitrogens with one attached hydrogen (secondary N) is 2. The molecule has 0 radical (unpaired) electrons. The quantitative estimate of drug-likeness (QED) is 0.592. The number of carbonyl (C=O) groups excluding carboxylic acids is 1. The number of fused-ring (bicyclic) bond motifs is 1. The molecule has 3 heterocycles. The lowest BCUT2D eigenvalue weighted by Gasteiger charge is -2.25. The van der Waals surface area contributed by atoms with Gasteiger partial charge in [0.05, 0.1) is 17.5 Å². The minimum absolute atomic E-state index is 0.0549. The molecule has 2 fully saturated rings. The molecule has 1 aromatic heterocycles. The summed E-state index contributed by atoms with van der Waals surface area (Å²) in [6.45, 7) is 1.30. The third kappa shape index (κ3) is 3.42. The van der Waals surface area contributed by atoms with Gasteiger partial charge < -0.3 is 15.1 Å². The molecule has 2 atom stereocenters. The Balaban J connectivity index is 1.35. The van der Waals surface area contributed by atoms with E-state index in [2.05, 4.69) is 16.7 Å². The van der Waals surface area contributed by atoms with Crippen molar-refractivity contribution in [3.8, 4) is 17.2 Å². The topological polar surface area (TPSA) is 100 Å². The largest absolute Gasteiger partial charge is 0.419 e. The second-order valence-corrected chi connectivity index (χ2v) is 9.39. The van der Waals surface area contributed by atoms with Crippen molar-refractivity contribution < 1.29 is 13.6 Å². The van der Waals surface area contributed by atoms with E-state index in [1.54, 1.807) is 37.4 Å². The second-order valence-electron chi connectivity index (χ2n) is 7.96. The second kappa shape index (κ2) is 7.25. The predicted molar refractivity (Wildman–Crippen MR) is 115 cm³/mol. The number of rotatable bonds is 5. The van der Waals surface area contributed by atoms with Crippen LogP contribution in [0.25, 0.3) is 22.2 Å². The molecule has 2 aliphatic heterocycles. The first-order chi connectivity index (χ1) is 14.9. The number of hydrogen-bond donors (Lipinski definition) is 2. The van der Waals surface area contributed by atoms with Crippen LogP contribution in [-0.2, 0) is 18.3 Å². The molecule has 0 saturated carbocycles. The molecule has 7 nitrogen and oxygen atoms in total. The first-order valence-electron chi connectivity index (χ1n) is 9.89. The zero-order chi connectivity index (χ0) is 21.8. The summed E-state index contributed by atoms with van der Waals surface area (Å²) in [5, 5.41) is 15.3. The first kappa shape index (κ1) is 19.8. The monoisotopic (exact) mass is 438 g/mol. The lowest BCUT2D eigenvalue weighted by Crippen LogP contribution is -2.51. The van der Waals surface area contributed by atoms with Gasteiger partial charge in [-0.1, -0.05) is 18.2 Å². The molecule has 1 unspecified atom stereocenters. The van der Waals surface area contributed by atoms with E-state index in [0.717, 1.165) is 5.56 Å². The Morgan fingerprint density at radius 2 is 2.10 bits per heavy atom. The van der Waals surface area contributed by atoms with Gasteiger partial charge in [-0.05, 0) is 34.9 Å². The molecule has 3 aromatic rings. The summed E-state index contributed by atoms with van der Waals surface area (Å²) in [6, 6.07) is 12.4. The van der Waals surface area contributed by atoms with Gasteiger partial charge >= 0.3 is 5.76 Å². The molecule has 158 valence electrons. The molecule has 2 saturated heterocycles. The molecule has 31 heavy (non-hydrogen) atoms. The normalized spacial score (nSPS) is 22.7. The number of amides is 1. The molecule has 5 rings (SSSR count). The highest BCUT2D eigenvalue weighted by molar-refractivity contribution is 8.09. The van der Waals surface area contributed by atoms with E-state index in [9.17, 15) is 19.2 Å². The molecule has 0 aliphatic carbocycles. The summed E-state index contributed by atoms with van der Waals surface area (Å²) in [7, 11) is 1.62. The van der Waals surface area contributed by atoms with Crippen LogP contribution in [0.4, 0.5) is 4.39 Å². The number of nitrogens with zero attached hydrogens (tertiary/aromatic N) is 2. The number of thioether (sulfide) groups is 1. The molecule has 2 N–H and O–H groups in total. The first-order valence-corrected chi connectivity index (χ1v) is 10.8. The van der Waals surface area contributed by atoms with Crippen LogP contribution in [0.15, 0.2) is 45.6 Å². The number of hydrogen-bond acceptors (Lipinski definition) is 6. The molecule has 0 bridgehead atoms. The molecule has 2 aromatic carbocycles. The van der Waals surface area contributed by atoms with Crippen LogP contribution in [0.3, 0.4) is 0 Å². The van der Waals surface area contributed by atoms with Gasteiger partial charge in [-0.15, -0.1) is 11.8 Å². The fraction of sp³-hybridized carbons (Fsp3) is 0.318. The predicted octanol–water partition coefficient (Wildman–Crippen LogP) is 2.15. The molecular formula is C22H19FN4O3S. The molecule has 1 amide bonds. The van der Waals surface area contributed by atoms with E-state index in [1.165, 1.54) is 22.4 Å². The Bertz CT molecular complexity index is 1310. The van der Waals surface area contributed by atoms with Crippen LogP contribution in [-0.4, -0.2) is 33.7 Å². The maximum atomic E-state index is 14.9. The van der Waals surface area contributed by atoms with E-state index in [1.807, 2.05) is 0 Å². The van der Waals surface area contributed by atoms with Crippen molar-refractivity contribution in [2.75, 3.05) is 13.1 Å². The number of nitriles is 1. The maximum Gasteiger partial charge on any atom is 0.419 e. The van der Waals surface area contributed by atoms with Crippen molar-refractivity contribution in [1.82, 2.24) is 15.2 Å². The van der Waals surface area contributed by atoms with E-state index in [0.29, 0.717) is 35.3 Å². The molecule has 2 aliphatic rings. The summed E-state index contributed by atoms with van der Waals surface area (Å²) < 4.78 is 20.6. The SMILES string of the molecule is Cn1c(=O)oc2ccc(-c3ccc(C[C@@]4(C#N)SC4NC(=O)C4CNC4)c(F)c3)cc21. The molecular weight excluding hydrogens is 419 g/mol. The zero-order valence-electron chi connectivity index (χ0n) is 16.6. The highest BCUT2D eigenvalue weighted by Crippen LogP contribution is 2.54. The van der Waals surface area contributed by atoms with Crippen molar-refractivity contribution >= 4 is 28.8 Å². The number of aromatic nitrogens is 1. The van der Waals surface area contributed by atoms with Gasteiger partial charge in [0.15, 0.2) is 5.58 Å². The van der Waals surface area contributed by atoms with Crippen LogP contribution >= 0.6 is 11.8 Å². The van der Waals surface area contributed by atoms with Crippen LogP contribution in [0.1, 0.15) is 5.56 Å². The Labute approximate surface area is 181 Å². The highest BCUT2D eigenvalue weighted by Gasteiger charge is 2.58. The summed E-state index contributed by atoms with van der Waals surface area (Å²) in [6.07, 6.45) is 0.212. The summed E-state index contributed by atoms with van der Waals surface area (Å²) in [5.41, 5.74) is 2.94. The fourth-order valence-electron chi connectivity index (χ4n) is 3.76. The third-order valence-electron chi connectivity index (χ3n) is 5.94. The van der Waals surface area contributed by atoms with Gasteiger partial charge in [0.25, 0.3) is 0 Å². The molecule has 0 spiro atoms. The summed E-state index contributed by atoms with van der Waals surface area (Å²) >= 11 is 1.35. The van der Waals surface area contributed by atoms with Gasteiger partial charge in [-0.2, -0.15) is 5.26 Å². The van der Waals surface area contributed by atoms with Crippen molar-refractivity contribution in [3.63, 3.8) is 0 Å². The number of benzene rings is 2. The van der Waals surface area contributed by atoms with E-state index in [-0.39, 0.29) is 23.6 Å². The Kier molecular flexibility index (Phi) is 4.64. The number of carbonyl (C=O) groups is 1.